The summed E-state index contributed by atoms with van der Waals surface area (Å²) in [7, 11) is 0. The number of fused-ring (bicyclic) bond motifs is 2. The normalized spacial score (nSPS) is 25.3. The van der Waals surface area contributed by atoms with Gasteiger partial charge in [-0.15, -0.1) is 12.4 Å². The van der Waals surface area contributed by atoms with E-state index in [0.29, 0.717) is 18.5 Å². The maximum absolute atomic E-state index is 12.9. The Kier molecular flexibility index (Phi) is 7.47. The van der Waals surface area contributed by atoms with Gasteiger partial charge >= 0.3 is 0 Å². The van der Waals surface area contributed by atoms with Crippen LogP contribution in [-0.2, 0) is 9.59 Å². The number of hydrogen-bond donors (Lipinski definition) is 3. The highest BCUT2D eigenvalue weighted by Gasteiger charge is 2.35. The molecule has 3 unspecified atom stereocenters. The standard InChI is InChI=1S/C20H29N3O2.ClH/c1-13(2)10-18(24)23-19(14-6-4-3-5-7-14)20(25)22-17-11-15-8-9-16(12-17)21-15;/h3-7,13,15-17,19,21H,8-12H2,1-2H3,(H,22,25)(H,23,24);1H. The van der Waals surface area contributed by atoms with E-state index in [2.05, 4.69) is 16.0 Å². The summed E-state index contributed by atoms with van der Waals surface area (Å²) in [5.41, 5.74) is 0.828. The molecule has 2 fully saturated rings. The van der Waals surface area contributed by atoms with Crippen LogP contribution in [0.15, 0.2) is 30.3 Å². The molecule has 0 aliphatic carbocycles. The van der Waals surface area contributed by atoms with E-state index in [4.69, 9.17) is 0 Å². The van der Waals surface area contributed by atoms with Crippen molar-refractivity contribution >= 4 is 24.2 Å². The Morgan fingerprint density at radius 2 is 1.73 bits per heavy atom. The van der Waals surface area contributed by atoms with Crippen molar-refractivity contribution in [2.45, 2.75) is 70.1 Å². The molecule has 2 aliphatic heterocycles. The maximum atomic E-state index is 12.9. The third-order valence-electron chi connectivity index (χ3n) is 5.11. The van der Waals surface area contributed by atoms with Crippen molar-refractivity contribution in [3.05, 3.63) is 35.9 Å². The molecule has 3 N–H and O–H groups in total. The molecule has 0 aromatic heterocycles. The first kappa shape index (κ1) is 20.7. The molecule has 0 spiro atoms. The van der Waals surface area contributed by atoms with E-state index in [0.717, 1.165) is 18.4 Å². The van der Waals surface area contributed by atoms with Crippen molar-refractivity contribution in [1.29, 1.82) is 0 Å². The van der Waals surface area contributed by atoms with Crippen LogP contribution in [0.25, 0.3) is 0 Å². The molecule has 3 atom stereocenters. The molecule has 2 bridgehead atoms. The van der Waals surface area contributed by atoms with Crippen LogP contribution in [0.1, 0.15) is 57.6 Å². The van der Waals surface area contributed by atoms with Gasteiger partial charge in [0.2, 0.25) is 11.8 Å². The quantitative estimate of drug-likeness (QED) is 0.711. The van der Waals surface area contributed by atoms with Crippen LogP contribution in [-0.4, -0.2) is 29.9 Å². The van der Waals surface area contributed by atoms with Gasteiger partial charge in [-0.05, 0) is 37.2 Å². The molecule has 2 amide bonds. The van der Waals surface area contributed by atoms with Crippen LogP contribution >= 0.6 is 12.4 Å². The summed E-state index contributed by atoms with van der Waals surface area (Å²) in [5, 5.41) is 9.70. The summed E-state index contributed by atoms with van der Waals surface area (Å²) in [6.45, 7) is 4.00. The van der Waals surface area contributed by atoms with E-state index in [1.165, 1.54) is 12.8 Å². The summed E-state index contributed by atoms with van der Waals surface area (Å²) in [4.78, 5) is 25.2. The minimum atomic E-state index is -0.625. The summed E-state index contributed by atoms with van der Waals surface area (Å²) < 4.78 is 0. The molecule has 26 heavy (non-hydrogen) atoms. The Balaban J connectivity index is 0.00000243. The predicted molar refractivity (Wildman–Crippen MR) is 105 cm³/mol. The molecule has 0 radical (unpaired) electrons. The number of piperidine rings is 1. The summed E-state index contributed by atoms with van der Waals surface area (Å²) in [6.07, 6.45) is 4.77. The Hall–Kier alpha value is -1.59. The first-order chi connectivity index (χ1) is 12.0. The van der Waals surface area contributed by atoms with Gasteiger partial charge in [-0.3, -0.25) is 9.59 Å². The molecular weight excluding hydrogens is 350 g/mol. The van der Waals surface area contributed by atoms with E-state index in [1.54, 1.807) is 0 Å². The first-order valence-corrected chi connectivity index (χ1v) is 9.42. The van der Waals surface area contributed by atoms with Crippen molar-refractivity contribution in [2.75, 3.05) is 0 Å². The van der Waals surface area contributed by atoms with E-state index >= 15 is 0 Å². The molecule has 1 aromatic rings. The van der Waals surface area contributed by atoms with Crippen LogP contribution in [0.4, 0.5) is 0 Å². The minimum absolute atomic E-state index is 0. The van der Waals surface area contributed by atoms with Crippen molar-refractivity contribution in [2.24, 2.45) is 5.92 Å². The Bertz CT molecular complexity index is 596. The highest BCUT2D eigenvalue weighted by molar-refractivity contribution is 5.88. The number of carbonyl (C=O) groups is 2. The highest BCUT2D eigenvalue weighted by atomic mass is 35.5. The van der Waals surface area contributed by atoms with Gasteiger partial charge in [-0.1, -0.05) is 44.2 Å². The van der Waals surface area contributed by atoms with Crippen molar-refractivity contribution < 1.29 is 9.59 Å². The maximum Gasteiger partial charge on any atom is 0.247 e. The monoisotopic (exact) mass is 379 g/mol. The number of benzene rings is 1. The van der Waals surface area contributed by atoms with Crippen LogP contribution in [0.3, 0.4) is 0 Å². The molecule has 0 saturated carbocycles. The Morgan fingerprint density at radius 1 is 1.12 bits per heavy atom. The fourth-order valence-electron chi connectivity index (χ4n) is 4.00. The lowest BCUT2D eigenvalue weighted by Crippen LogP contribution is -2.51. The van der Waals surface area contributed by atoms with Gasteiger partial charge < -0.3 is 16.0 Å². The second kappa shape index (κ2) is 9.38. The fraction of sp³-hybridized carbons (Fsp3) is 0.600. The smallest absolute Gasteiger partial charge is 0.247 e. The number of hydrogen-bond acceptors (Lipinski definition) is 3. The zero-order valence-electron chi connectivity index (χ0n) is 15.5. The van der Waals surface area contributed by atoms with Crippen LogP contribution in [0, 0.1) is 5.92 Å². The second-order valence-corrected chi connectivity index (χ2v) is 7.82. The van der Waals surface area contributed by atoms with Crippen LogP contribution in [0.2, 0.25) is 0 Å². The highest BCUT2D eigenvalue weighted by Crippen LogP contribution is 2.27. The van der Waals surface area contributed by atoms with Gasteiger partial charge in [-0.25, -0.2) is 0 Å². The summed E-state index contributed by atoms with van der Waals surface area (Å²) in [6, 6.07) is 10.1. The lowest BCUT2D eigenvalue weighted by atomic mass is 9.98. The van der Waals surface area contributed by atoms with E-state index in [1.807, 2.05) is 44.2 Å². The van der Waals surface area contributed by atoms with Gasteiger partial charge in [0.15, 0.2) is 0 Å². The fourth-order valence-corrected chi connectivity index (χ4v) is 4.00. The second-order valence-electron chi connectivity index (χ2n) is 7.82. The SMILES string of the molecule is CC(C)CC(=O)NC(C(=O)NC1CC2CCC(C1)N2)c1ccccc1.Cl. The van der Waals surface area contributed by atoms with Gasteiger partial charge in [0.25, 0.3) is 0 Å². The number of carbonyl (C=O) groups excluding carboxylic acids is 2. The van der Waals surface area contributed by atoms with Gasteiger partial charge in [-0.2, -0.15) is 0 Å². The Morgan fingerprint density at radius 3 is 2.31 bits per heavy atom. The van der Waals surface area contributed by atoms with Crippen molar-refractivity contribution in [3.63, 3.8) is 0 Å². The number of amides is 2. The summed E-state index contributed by atoms with van der Waals surface area (Å²) >= 11 is 0. The van der Waals surface area contributed by atoms with Crippen LogP contribution < -0.4 is 16.0 Å². The summed E-state index contributed by atoms with van der Waals surface area (Å²) in [5.74, 6) is 0.0820. The predicted octanol–water partition coefficient (Wildman–Crippen LogP) is 2.71. The zero-order chi connectivity index (χ0) is 17.8. The number of nitrogens with one attached hydrogen (secondary N) is 3. The first-order valence-electron chi connectivity index (χ1n) is 9.42. The van der Waals surface area contributed by atoms with E-state index < -0.39 is 6.04 Å². The Labute approximate surface area is 162 Å². The van der Waals surface area contributed by atoms with Crippen molar-refractivity contribution in [1.82, 2.24) is 16.0 Å². The topological polar surface area (TPSA) is 70.2 Å². The number of halogens is 1. The molecule has 144 valence electrons. The molecule has 6 heteroatoms. The number of rotatable bonds is 6. The molecule has 2 heterocycles. The largest absolute Gasteiger partial charge is 0.351 e. The molecular formula is C20H30ClN3O2. The van der Waals surface area contributed by atoms with Gasteiger partial charge in [0.05, 0.1) is 0 Å². The van der Waals surface area contributed by atoms with E-state index in [9.17, 15) is 9.59 Å². The molecule has 1 aromatic carbocycles. The third-order valence-corrected chi connectivity index (χ3v) is 5.11. The zero-order valence-corrected chi connectivity index (χ0v) is 16.4. The minimum Gasteiger partial charge on any atom is -0.351 e. The van der Waals surface area contributed by atoms with Crippen molar-refractivity contribution in [3.8, 4) is 0 Å². The lowest BCUT2D eigenvalue weighted by molar-refractivity contribution is -0.130. The molecule has 5 nitrogen and oxygen atoms in total. The third kappa shape index (κ3) is 5.45. The van der Waals surface area contributed by atoms with Gasteiger partial charge in [0.1, 0.15) is 6.04 Å². The lowest BCUT2D eigenvalue weighted by Gasteiger charge is -2.31. The van der Waals surface area contributed by atoms with E-state index in [-0.39, 0.29) is 36.2 Å². The molecule has 2 aliphatic rings. The van der Waals surface area contributed by atoms with Gasteiger partial charge in [0, 0.05) is 24.5 Å². The molecule has 2 saturated heterocycles. The average molecular weight is 380 g/mol. The van der Waals surface area contributed by atoms with Crippen LogP contribution in [0.5, 0.6) is 0 Å². The molecule has 3 rings (SSSR count). The average Bonchev–Trinajstić information content (AvgIpc) is 2.91.